The minimum absolute atomic E-state index is 0. The molecule has 3 rings (SSSR count). The monoisotopic (exact) mass is 568 g/mol. The van der Waals surface area contributed by atoms with Crippen LogP contribution >= 0.6 is 40.2 Å². The van der Waals surface area contributed by atoms with Crippen LogP contribution < -0.4 is 17.2 Å². The number of Topliss-reactive ketones (excluding diaryl/α,β-unsaturated/α-hetero) is 1. The van der Waals surface area contributed by atoms with E-state index in [9.17, 15) is 9.59 Å². The second-order valence-corrected chi connectivity index (χ2v) is 8.53. The Balaban J connectivity index is 0.00000408. The van der Waals surface area contributed by atoms with Gasteiger partial charge in [-0.2, -0.15) is 0 Å². The minimum atomic E-state index is -1.13. The first kappa shape index (κ1) is 28.1. The van der Waals surface area contributed by atoms with E-state index in [-0.39, 0.29) is 39.9 Å². The Morgan fingerprint density at radius 3 is 2.41 bits per heavy atom. The van der Waals surface area contributed by atoms with Gasteiger partial charge in [-0.05, 0) is 56.6 Å². The van der Waals surface area contributed by atoms with Crippen molar-refractivity contribution in [2.24, 2.45) is 17.2 Å². The summed E-state index contributed by atoms with van der Waals surface area (Å²) >= 11 is 12.5. The molecule has 0 spiro atoms. The highest BCUT2D eigenvalue weighted by Crippen LogP contribution is 2.28. The molecule has 0 saturated carbocycles. The Bertz CT molecular complexity index is 1170. The summed E-state index contributed by atoms with van der Waals surface area (Å²) in [6.45, 7) is 2.23. The zero-order valence-electron chi connectivity index (χ0n) is 18.6. The second kappa shape index (κ2) is 12.5. The van der Waals surface area contributed by atoms with Crippen LogP contribution in [-0.4, -0.2) is 38.9 Å². The van der Waals surface area contributed by atoms with Gasteiger partial charge in [0.25, 0.3) is 0 Å². The van der Waals surface area contributed by atoms with Gasteiger partial charge in [0.1, 0.15) is 11.9 Å². The van der Waals surface area contributed by atoms with E-state index in [4.69, 9.17) is 40.4 Å². The van der Waals surface area contributed by atoms with Gasteiger partial charge in [-0.15, -0.1) is 27.2 Å². The van der Waals surface area contributed by atoms with Gasteiger partial charge in [0.05, 0.1) is 16.8 Å². The largest absolute Gasteiger partial charge is 0.330 e. The first-order valence-electron chi connectivity index (χ1n) is 10.5. The number of aryl methyl sites for hydroxylation is 1. The number of halogens is 3. The molecule has 0 radical (unpaired) electrons. The molecule has 34 heavy (non-hydrogen) atoms. The van der Waals surface area contributed by atoms with Crippen LogP contribution in [0.25, 0.3) is 5.69 Å². The number of benzene rings is 2. The second-order valence-electron chi connectivity index (χ2n) is 7.68. The lowest BCUT2D eigenvalue weighted by Gasteiger charge is -2.19. The number of hydrogen-bond donors (Lipinski definition) is 3. The third-order valence-electron chi connectivity index (χ3n) is 5.33. The summed E-state index contributed by atoms with van der Waals surface area (Å²) in [5, 5.41) is 8.90. The van der Waals surface area contributed by atoms with E-state index in [1.807, 2.05) is 0 Å². The average Bonchev–Trinajstić information content (AvgIpc) is 3.19. The van der Waals surface area contributed by atoms with Crippen LogP contribution in [0.3, 0.4) is 0 Å². The van der Waals surface area contributed by atoms with Crippen molar-refractivity contribution in [3.63, 3.8) is 0 Å². The van der Waals surface area contributed by atoms with Crippen molar-refractivity contribution >= 4 is 51.7 Å². The number of nitrogens with two attached hydrogens (primary N) is 3. The zero-order valence-corrected chi connectivity index (χ0v) is 21.8. The van der Waals surface area contributed by atoms with Crippen molar-refractivity contribution in [1.82, 2.24) is 14.8 Å². The van der Waals surface area contributed by atoms with E-state index in [0.29, 0.717) is 40.1 Å². The smallest absolute Gasteiger partial charge is 0.196 e. The number of aromatic nitrogens is 3. The maximum Gasteiger partial charge on any atom is 0.196 e. The highest BCUT2D eigenvalue weighted by atomic mass is 79.9. The molecule has 0 aliphatic carbocycles. The quantitative estimate of drug-likeness (QED) is 0.249. The van der Waals surface area contributed by atoms with E-state index in [1.54, 1.807) is 47.9 Å². The summed E-state index contributed by atoms with van der Waals surface area (Å²) in [4.78, 5) is 26.3. The number of hydrogen-bond acceptors (Lipinski definition) is 7. The number of carbonyl (C=O) groups excluding carboxylic acids is 2. The maximum atomic E-state index is 13.4. The summed E-state index contributed by atoms with van der Waals surface area (Å²) in [5.41, 5.74) is 18.9. The third-order valence-corrected chi connectivity index (χ3v) is 5.90. The van der Waals surface area contributed by atoms with Gasteiger partial charge < -0.3 is 17.2 Å². The van der Waals surface area contributed by atoms with Crippen LogP contribution in [-0.2, 0) is 4.79 Å². The van der Waals surface area contributed by atoms with Crippen LogP contribution in [0.4, 0.5) is 0 Å². The Labute approximate surface area is 218 Å². The normalized spacial score (nSPS) is 12.6. The van der Waals surface area contributed by atoms with E-state index >= 15 is 0 Å². The summed E-state index contributed by atoms with van der Waals surface area (Å²) in [6.07, 6.45) is 1.95. The minimum Gasteiger partial charge on any atom is -0.330 e. The summed E-state index contributed by atoms with van der Waals surface area (Å²) in [7, 11) is 0. The van der Waals surface area contributed by atoms with E-state index in [2.05, 4.69) is 10.2 Å². The Kier molecular flexibility index (Phi) is 10.4. The average molecular weight is 570 g/mol. The van der Waals surface area contributed by atoms with Gasteiger partial charge in [0.15, 0.2) is 17.4 Å². The molecule has 0 aliphatic heterocycles. The lowest BCUT2D eigenvalue weighted by Crippen LogP contribution is -2.39. The molecular weight excluding hydrogens is 543 g/mol. The molecule has 2 aromatic carbocycles. The molecule has 0 saturated heterocycles. The van der Waals surface area contributed by atoms with Gasteiger partial charge in [-0.1, -0.05) is 41.8 Å². The standard InChI is InChI=1S/C23H26Cl2N6O2.BrH/c1-13-29-30-23(20(28)22(33)18(27)8-4-5-11-26)31(13)19-10-9-14(24)12-16(19)21(32)15-6-2-3-7-17(15)25;/h2-3,6-7,9-10,12,18,20H,4-5,8,11,26-28H2,1H3;1H/t18-,20?;/m0./s1. The molecule has 0 aliphatic rings. The van der Waals surface area contributed by atoms with Crippen LogP contribution in [0.1, 0.15) is 52.9 Å². The molecule has 0 fully saturated rings. The molecule has 6 N–H and O–H groups in total. The molecule has 1 aromatic heterocycles. The van der Waals surface area contributed by atoms with Crippen LogP contribution in [0.15, 0.2) is 42.5 Å². The summed E-state index contributed by atoms with van der Waals surface area (Å²) in [5.74, 6) is -0.0769. The van der Waals surface area contributed by atoms with Gasteiger partial charge >= 0.3 is 0 Å². The molecule has 0 amide bonds. The van der Waals surface area contributed by atoms with Crippen molar-refractivity contribution in [2.45, 2.75) is 38.3 Å². The number of unbranched alkanes of at least 4 members (excludes halogenated alkanes) is 1. The van der Waals surface area contributed by atoms with E-state index in [0.717, 1.165) is 12.8 Å². The fraction of sp³-hybridized carbons (Fsp3) is 0.304. The molecule has 182 valence electrons. The predicted octanol–water partition coefficient (Wildman–Crippen LogP) is 3.72. The fourth-order valence-electron chi connectivity index (χ4n) is 3.56. The van der Waals surface area contributed by atoms with Gasteiger partial charge in [-0.25, -0.2) is 0 Å². The van der Waals surface area contributed by atoms with Crippen LogP contribution in [0.5, 0.6) is 0 Å². The number of nitrogens with zero attached hydrogens (tertiary/aromatic N) is 3. The molecule has 0 bridgehead atoms. The van der Waals surface area contributed by atoms with Crippen molar-refractivity contribution in [3.8, 4) is 5.69 Å². The highest BCUT2D eigenvalue weighted by molar-refractivity contribution is 8.93. The van der Waals surface area contributed by atoms with Crippen molar-refractivity contribution in [3.05, 3.63) is 75.3 Å². The molecular formula is C23H27BrCl2N6O2. The lowest BCUT2D eigenvalue weighted by atomic mass is 9.99. The Morgan fingerprint density at radius 2 is 1.74 bits per heavy atom. The number of ketones is 2. The number of rotatable bonds is 10. The lowest BCUT2D eigenvalue weighted by molar-refractivity contribution is -0.122. The molecule has 8 nitrogen and oxygen atoms in total. The third kappa shape index (κ3) is 6.10. The Morgan fingerprint density at radius 1 is 1.03 bits per heavy atom. The molecule has 2 atom stereocenters. The van der Waals surface area contributed by atoms with E-state index in [1.165, 1.54) is 6.07 Å². The van der Waals surface area contributed by atoms with Crippen molar-refractivity contribution in [2.75, 3.05) is 6.54 Å². The molecule has 11 heteroatoms. The molecule has 3 aromatic rings. The van der Waals surface area contributed by atoms with Crippen LogP contribution in [0.2, 0.25) is 10.0 Å². The zero-order chi connectivity index (χ0) is 24.1. The molecule has 1 heterocycles. The van der Waals surface area contributed by atoms with Crippen LogP contribution in [0, 0.1) is 6.92 Å². The van der Waals surface area contributed by atoms with E-state index < -0.39 is 12.1 Å². The topological polar surface area (TPSA) is 143 Å². The maximum absolute atomic E-state index is 13.4. The first-order chi connectivity index (χ1) is 15.8. The predicted molar refractivity (Wildman–Crippen MR) is 139 cm³/mol. The Hall–Kier alpha value is -2.14. The molecule has 1 unspecified atom stereocenters. The summed E-state index contributed by atoms with van der Waals surface area (Å²) < 4.78 is 1.58. The van der Waals surface area contributed by atoms with Gasteiger partial charge in [-0.3, -0.25) is 14.2 Å². The highest BCUT2D eigenvalue weighted by Gasteiger charge is 2.29. The number of carbonyl (C=O) groups is 2. The van der Waals surface area contributed by atoms with Crippen molar-refractivity contribution in [1.29, 1.82) is 0 Å². The fourth-order valence-corrected chi connectivity index (χ4v) is 3.96. The van der Waals surface area contributed by atoms with Gasteiger partial charge in [0.2, 0.25) is 0 Å². The SMILES string of the molecule is Br.Cc1nnc(C(N)C(=O)[C@@H](N)CCCCN)n1-c1ccc(Cl)cc1C(=O)c1ccccc1Cl. The first-order valence-corrected chi connectivity index (χ1v) is 11.3. The summed E-state index contributed by atoms with van der Waals surface area (Å²) in [6, 6.07) is 9.67. The van der Waals surface area contributed by atoms with Gasteiger partial charge in [0, 0.05) is 16.1 Å². The van der Waals surface area contributed by atoms with Crippen molar-refractivity contribution < 1.29 is 9.59 Å².